The molecule has 0 aliphatic rings. The van der Waals surface area contributed by atoms with Crippen LogP contribution in [-0.2, 0) is 14.3 Å². The molecule has 5 heteroatoms. The average Bonchev–Trinajstić information content (AvgIpc) is 2.73. The average molecular weight is 389 g/mol. The molecule has 0 aliphatic heterocycles. The molecule has 0 saturated heterocycles. The van der Waals surface area contributed by atoms with Gasteiger partial charge in [-0.05, 0) is 37.6 Å². The molecule has 0 fully saturated rings. The molecule has 29 heavy (non-hydrogen) atoms. The van der Waals surface area contributed by atoms with Crippen LogP contribution >= 0.6 is 0 Å². The van der Waals surface area contributed by atoms with Crippen LogP contribution < -0.4 is 10.1 Å². The van der Waals surface area contributed by atoms with Crippen LogP contribution in [0.2, 0.25) is 0 Å². The Morgan fingerprint density at radius 3 is 2.21 bits per heavy atom. The molecule has 0 spiro atoms. The molecule has 3 aromatic rings. The van der Waals surface area contributed by atoms with Crippen LogP contribution in [0.25, 0.3) is 0 Å². The second kappa shape index (κ2) is 9.55. The minimum absolute atomic E-state index is 0.286. The van der Waals surface area contributed by atoms with Gasteiger partial charge in [-0.2, -0.15) is 0 Å². The molecule has 1 amide bonds. The maximum Gasteiger partial charge on any atom is 0.345 e. The number of aryl methyl sites for hydroxylation is 2. The van der Waals surface area contributed by atoms with Gasteiger partial charge in [-0.15, -0.1) is 0 Å². The van der Waals surface area contributed by atoms with Crippen LogP contribution in [0.4, 0.5) is 5.69 Å². The first-order valence-electron chi connectivity index (χ1n) is 9.33. The summed E-state index contributed by atoms with van der Waals surface area (Å²) < 4.78 is 11.0. The van der Waals surface area contributed by atoms with Gasteiger partial charge in [0.1, 0.15) is 5.75 Å². The molecule has 0 saturated carbocycles. The Balaban J connectivity index is 1.70. The zero-order valence-corrected chi connectivity index (χ0v) is 16.4. The van der Waals surface area contributed by atoms with Crippen LogP contribution in [0, 0.1) is 13.8 Å². The summed E-state index contributed by atoms with van der Waals surface area (Å²) >= 11 is 0. The fourth-order valence-electron chi connectivity index (χ4n) is 2.77. The van der Waals surface area contributed by atoms with Crippen molar-refractivity contribution < 1.29 is 19.1 Å². The number of carbonyl (C=O) groups is 2. The number of benzene rings is 3. The van der Waals surface area contributed by atoms with Gasteiger partial charge in [0, 0.05) is 11.3 Å². The summed E-state index contributed by atoms with van der Waals surface area (Å²) in [5.41, 5.74) is 3.22. The molecule has 0 aromatic heterocycles. The standard InChI is InChI=1S/C24H23NO4/c1-17-12-14-20(15-13-17)25-24(27)23(19-9-4-3-5-10-19)29-22(26)16-28-21-11-7-6-8-18(21)2/h3-15,23H,16H2,1-2H3,(H,25,27)/t23-/m1/s1. The maximum atomic E-state index is 12.8. The summed E-state index contributed by atoms with van der Waals surface area (Å²) in [7, 11) is 0. The van der Waals surface area contributed by atoms with Gasteiger partial charge in [-0.3, -0.25) is 4.79 Å². The molecule has 0 bridgehead atoms. The number of carbonyl (C=O) groups excluding carboxylic acids is 2. The van der Waals surface area contributed by atoms with E-state index in [2.05, 4.69) is 5.32 Å². The van der Waals surface area contributed by atoms with Crippen LogP contribution in [0.1, 0.15) is 22.8 Å². The number of ether oxygens (including phenoxy) is 2. The highest BCUT2D eigenvalue weighted by Gasteiger charge is 2.25. The first-order chi connectivity index (χ1) is 14.0. The van der Waals surface area contributed by atoms with Crippen LogP contribution in [0.3, 0.4) is 0 Å². The van der Waals surface area contributed by atoms with Crippen molar-refractivity contribution >= 4 is 17.6 Å². The van der Waals surface area contributed by atoms with Gasteiger partial charge in [0.25, 0.3) is 5.91 Å². The summed E-state index contributed by atoms with van der Waals surface area (Å²) in [5, 5.41) is 2.80. The topological polar surface area (TPSA) is 64.6 Å². The lowest BCUT2D eigenvalue weighted by molar-refractivity contribution is -0.156. The zero-order chi connectivity index (χ0) is 20.6. The Morgan fingerprint density at radius 2 is 1.52 bits per heavy atom. The predicted octanol–water partition coefficient (Wildman–Crippen LogP) is 4.61. The van der Waals surface area contributed by atoms with E-state index in [9.17, 15) is 9.59 Å². The second-order valence-electron chi connectivity index (χ2n) is 6.69. The van der Waals surface area contributed by atoms with E-state index in [1.807, 2.05) is 50.2 Å². The Kier molecular flexibility index (Phi) is 6.63. The number of nitrogens with one attached hydrogen (secondary N) is 1. The van der Waals surface area contributed by atoms with Gasteiger partial charge in [-0.25, -0.2) is 4.79 Å². The summed E-state index contributed by atoms with van der Waals surface area (Å²) in [6.07, 6.45) is -1.08. The Labute approximate surface area is 170 Å². The zero-order valence-electron chi connectivity index (χ0n) is 16.4. The van der Waals surface area contributed by atoms with Crippen molar-refractivity contribution in [2.24, 2.45) is 0 Å². The van der Waals surface area contributed by atoms with Gasteiger partial charge >= 0.3 is 5.97 Å². The molecule has 5 nitrogen and oxygen atoms in total. The van der Waals surface area contributed by atoms with Crippen molar-refractivity contribution in [2.45, 2.75) is 20.0 Å². The summed E-state index contributed by atoms with van der Waals surface area (Å²) in [5.74, 6) is -0.449. The third-order valence-corrected chi connectivity index (χ3v) is 4.35. The predicted molar refractivity (Wildman–Crippen MR) is 112 cm³/mol. The molecule has 3 aromatic carbocycles. The second-order valence-corrected chi connectivity index (χ2v) is 6.69. The van der Waals surface area contributed by atoms with E-state index in [-0.39, 0.29) is 6.61 Å². The maximum absolute atomic E-state index is 12.8. The highest BCUT2D eigenvalue weighted by Crippen LogP contribution is 2.21. The van der Waals surface area contributed by atoms with Crippen molar-refractivity contribution in [2.75, 3.05) is 11.9 Å². The summed E-state index contributed by atoms with van der Waals surface area (Å²) in [6.45, 7) is 3.57. The number of rotatable bonds is 7. The first kappa shape index (κ1) is 20.1. The number of anilines is 1. The molecule has 1 atom stereocenters. The van der Waals surface area contributed by atoms with E-state index >= 15 is 0 Å². The van der Waals surface area contributed by atoms with Gasteiger partial charge < -0.3 is 14.8 Å². The van der Waals surface area contributed by atoms with E-state index in [1.165, 1.54) is 0 Å². The largest absolute Gasteiger partial charge is 0.482 e. The lowest BCUT2D eigenvalue weighted by Crippen LogP contribution is -2.28. The Bertz CT molecular complexity index is 968. The molecule has 1 N–H and O–H groups in total. The number of hydrogen-bond donors (Lipinski definition) is 1. The number of amides is 1. The summed E-state index contributed by atoms with van der Waals surface area (Å²) in [6, 6.07) is 23.7. The van der Waals surface area contributed by atoms with Gasteiger partial charge in [0.05, 0.1) is 0 Å². The van der Waals surface area contributed by atoms with Crippen molar-refractivity contribution in [3.8, 4) is 5.75 Å². The smallest absolute Gasteiger partial charge is 0.345 e. The third-order valence-electron chi connectivity index (χ3n) is 4.35. The van der Waals surface area contributed by atoms with E-state index in [1.54, 1.807) is 42.5 Å². The minimum atomic E-state index is -1.08. The van der Waals surface area contributed by atoms with Crippen molar-refractivity contribution in [3.63, 3.8) is 0 Å². The number of esters is 1. The molecule has 0 radical (unpaired) electrons. The molecule has 3 rings (SSSR count). The molecule has 148 valence electrons. The molecular formula is C24H23NO4. The fourth-order valence-corrected chi connectivity index (χ4v) is 2.77. The monoisotopic (exact) mass is 389 g/mol. The van der Waals surface area contributed by atoms with E-state index in [0.29, 0.717) is 17.0 Å². The minimum Gasteiger partial charge on any atom is -0.482 e. The van der Waals surface area contributed by atoms with Gasteiger partial charge in [0.2, 0.25) is 6.10 Å². The lowest BCUT2D eigenvalue weighted by atomic mass is 10.1. The highest BCUT2D eigenvalue weighted by atomic mass is 16.6. The third kappa shape index (κ3) is 5.69. The van der Waals surface area contributed by atoms with Gasteiger partial charge in [0.15, 0.2) is 6.61 Å². The SMILES string of the molecule is Cc1ccc(NC(=O)[C@H](OC(=O)COc2ccccc2C)c2ccccc2)cc1. The molecular weight excluding hydrogens is 366 g/mol. The summed E-state index contributed by atoms with van der Waals surface area (Å²) in [4.78, 5) is 25.2. The van der Waals surface area contributed by atoms with Crippen molar-refractivity contribution in [3.05, 3.63) is 95.6 Å². The van der Waals surface area contributed by atoms with Crippen molar-refractivity contribution in [1.29, 1.82) is 0 Å². The first-order valence-corrected chi connectivity index (χ1v) is 9.33. The molecule has 0 heterocycles. The van der Waals surface area contributed by atoms with Crippen LogP contribution in [0.5, 0.6) is 5.75 Å². The van der Waals surface area contributed by atoms with Crippen LogP contribution in [-0.4, -0.2) is 18.5 Å². The van der Waals surface area contributed by atoms with E-state index in [0.717, 1.165) is 11.1 Å². The number of para-hydroxylation sites is 1. The van der Waals surface area contributed by atoms with Crippen molar-refractivity contribution in [1.82, 2.24) is 0 Å². The quantitative estimate of drug-likeness (QED) is 0.600. The Morgan fingerprint density at radius 1 is 0.862 bits per heavy atom. The van der Waals surface area contributed by atoms with Gasteiger partial charge in [-0.1, -0.05) is 66.2 Å². The number of hydrogen-bond acceptors (Lipinski definition) is 4. The normalized spacial score (nSPS) is 11.4. The molecule has 0 unspecified atom stereocenters. The Hall–Kier alpha value is -3.60. The van der Waals surface area contributed by atoms with E-state index < -0.39 is 18.0 Å². The highest BCUT2D eigenvalue weighted by molar-refractivity contribution is 5.96. The van der Waals surface area contributed by atoms with E-state index in [4.69, 9.17) is 9.47 Å². The molecule has 0 aliphatic carbocycles. The van der Waals surface area contributed by atoms with Crippen LogP contribution in [0.15, 0.2) is 78.9 Å². The fraction of sp³-hybridized carbons (Fsp3) is 0.167. The lowest BCUT2D eigenvalue weighted by Gasteiger charge is -2.18.